The maximum Gasteiger partial charge on any atom is 0.143 e. The van der Waals surface area contributed by atoms with E-state index >= 15 is 0 Å². The van der Waals surface area contributed by atoms with Gasteiger partial charge in [-0.15, -0.1) is 0 Å². The standard InChI is InChI=1S/C55H41N4O/c1-3-15-34(16-4-1)51-47-42-21-10-9-20-40(42)41-24-13-25-45-46(41)48-49(47)52(60-51)44-23-12-11-22-43(44)50(48)59(45)39-30-28-36(29-31-39)54-56-53(35-17-5-2-6-18-35)57-55(58-54)38-27-26-33-14-7-8-19-37(33)32-38/h1,3-5,7-8,10,12-19,21,23-32,41,46,53H,2,6,9,11,20,22H2/q-1. The number of fused-ring (bicyclic) bond motifs is 6. The third-order valence-corrected chi connectivity index (χ3v) is 13.5. The van der Waals surface area contributed by atoms with Crippen molar-refractivity contribution < 1.29 is 4.42 Å². The Morgan fingerprint density at radius 3 is 2.43 bits per heavy atom. The van der Waals surface area contributed by atoms with Crippen molar-refractivity contribution in [3.05, 3.63) is 207 Å². The van der Waals surface area contributed by atoms with Gasteiger partial charge in [-0.25, -0.2) is 0 Å². The van der Waals surface area contributed by atoms with Gasteiger partial charge >= 0.3 is 0 Å². The molecule has 0 saturated carbocycles. The molecule has 0 spiro atoms. The monoisotopic (exact) mass is 773 g/mol. The highest BCUT2D eigenvalue weighted by Crippen LogP contribution is 2.63. The van der Waals surface area contributed by atoms with Crippen LogP contribution in [-0.4, -0.2) is 17.8 Å². The summed E-state index contributed by atoms with van der Waals surface area (Å²) in [6.07, 6.45) is 29.0. The normalized spacial score (nSPS) is 21.9. The Balaban J connectivity index is 0.979. The maximum absolute atomic E-state index is 7.17. The van der Waals surface area contributed by atoms with Gasteiger partial charge in [-0.05, 0) is 107 Å². The van der Waals surface area contributed by atoms with E-state index in [0.717, 1.165) is 83.7 Å². The SMILES string of the molecule is C1=CC2C3=C(C=CCC3)c3c(-c4ccccc4)oc4c5c(c6c(c34)C2C(=C1)N6c1ccc(C2=NC(C3=CCCC=C3)[N-]C(c3ccc4ccccc4c3)=N2)cc1)CCC=C5. The molecule has 5 nitrogen and oxygen atoms in total. The van der Waals surface area contributed by atoms with Crippen molar-refractivity contribution in [3.63, 3.8) is 0 Å². The van der Waals surface area contributed by atoms with Crippen molar-refractivity contribution in [1.29, 1.82) is 0 Å². The van der Waals surface area contributed by atoms with Crippen LogP contribution in [0.2, 0.25) is 0 Å². The van der Waals surface area contributed by atoms with Crippen molar-refractivity contribution in [2.24, 2.45) is 15.9 Å². The highest BCUT2D eigenvalue weighted by Gasteiger charge is 2.48. The summed E-state index contributed by atoms with van der Waals surface area (Å²) in [5.41, 5.74) is 17.3. The van der Waals surface area contributed by atoms with Gasteiger partial charge in [-0.1, -0.05) is 145 Å². The fraction of sp³-hybridized carbons (Fsp3) is 0.164. The molecule has 60 heavy (non-hydrogen) atoms. The van der Waals surface area contributed by atoms with E-state index in [1.165, 1.54) is 60.9 Å². The molecule has 1 aromatic heterocycles. The number of allylic oxidation sites excluding steroid dienone is 11. The lowest BCUT2D eigenvalue weighted by molar-refractivity contribution is 0.615. The molecule has 3 heterocycles. The molecule has 5 aromatic carbocycles. The number of rotatable bonds is 5. The summed E-state index contributed by atoms with van der Waals surface area (Å²) in [7, 11) is 0. The van der Waals surface area contributed by atoms with Crippen molar-refractivity contribution in [2.75, 3.05) is 4.90 Å². The van der Waals surface area contributed by atoms with Crippen LogP contribution in [0.1, 0.15) is 71.4 Å². The topological polar surface area (TPSA) is 55.2 Å². The molecule has 288 valence electrons. The van der Waals surface area contributed by atoms with Gasteiger partial charge in [-0.3, -0.25) is 4.99 Å². The van der Waals surface area contributed by atoms with Crippen LogP contribution in [0.15, 0.2) is 183 Å². The number of aliphatic imine (C=N–C) groups is 2. The number of hydrogen-bond donors (Lipinski definition) is 0. The zero-order chi connectivity index (χ0) is 39.3. The molecule has 3 atom stereocenters. The predicted molar refractivity (Wildman–Crippen MR) is 247 cm³/mol. The number of benzene rings is 5. The summed E-state index contributed by atoms with van der Waals surface area (Å²) >= 11 is 0. The second-order valence-electron chi connectivity index (χ2n) is 16.9. The average Bonchev–Trinajstić information content (AvgIpc) is 3.86. The minimum atomic E-state index is -0.344. The first-order chi connectivity index (χ1) is 29.8. The second-order valence-corrected chi connectivity index (χ2v) is 16.9. The summed E-state index contributed by atoms with van der Waals surface area (Å²) in [5, 5.41) is 8.81. The van der Waals surface area contributed by atoms with Gasteiger partial charge in [0.2, 0.25) is 0 Å². The second kappa shape index (κ2) is 13.3. The van der Waals surface area contributed by atoms with Crippen LogP contribution in [0.5, 0.6) is 0 Å². The molecule has 13 rings (SSSR count). The largest absolute Gasteiger partial charge is 0.455 e. The molecule has 5 heteroatoms. The Kier molecular flexibility index (Phi) is 7.51. The van der Waals surface area contributed by atoms with Gasteiger partial charge in [0.05, 0.1) is 17.7 Å². The van der Waals surface area contributed by atoms with Crippen LogP contribution < -0.4 is 4.90 Å². The van der Waals surface area contributed by atoms with E-state index in [9.17, 15) is 0 Å². The van der Waals surface area contributed by atoms with Crippen molar-refractivity contribution >= 4 is 56.4 Å². The Morgan fingerprint density at radius 1 is 0.733 bits per heavy atom. The third kappa shape index (κ3) is 5.05. The van der Waals surface area contributed by atoms with E-state index in [-0.39, 0.29) is 18.0 Å². The van der Waals surface area contributed by atoms with E-state index in [4.69, 9.17) is 19.7 Å². The van der Waals surface area contributed by atoms with Crippen LogP contribution in [0, 0.1) is 5.92 Å². The molecule has 0 amide bonds. The highest BCUT2D eigenvalue weighted by atomic mass is 16.3. The summed E-state index contributed by atoms with van der Waals surface area (Å²) in [6, 6.07) is 34.7. The van der Waals surface area contributed by atoms with Crippen molar-refractivity contribution in [3.8, 4) is 11.3 Å². The van der Waals surface area contributed by atoms with Gasteiger partial charge in [0.15, 0.2) is 0 Å². The minimum Gasteiger partial charge on any atom is -0.455 e. The summed E-state index contributed by atoms with van der Waals surface area (Å²) < 4.78 is 7.17. The number of furan rings is 1. The molecule has 0 radical (unpaired) electrons. The van der Waals surface area contributed by atoms with Crippen LogP contribution >= 0.6 is 0 Å². The summed E-state index contributed by atoms with van der Waals surface area (Å²) in [5.74, 6) is 2.88. The molecule has 6 aromatic rings. The minimum absolute atomic E-state index is 0.193. The van der Waals surface area contributed by atoms with Crippen LogP contribution in [0.3, 0.4) is 0 Å². The quantitative estimate of drug-likeness (QED) is 0.175. The van der Waals surface area contributed by atoms with Crippen molar-refractivity contribution in [1.82, 2.24) is 0 Å². The molecule has 0 N–H and O–H groups in total. The van der Waals surface area contributed by atoms with E-state index in [1.807, 2.05) is 0 Å². The lowest BCUT2D eigenvalue weighted by Crippen LogP contribution is -2.22. The predicted octanol–water partition coefficient (Wildman–Crippen LogP) is 13.8. The zero-order valence-corrected chi connectivity index (χ0v) is 33.2. The van der Waals surface area contributed by atoms with Crippen LogP contribution in [0.4, 0.5) is 11.4 Å². The molecule has 5 aliphatic carbocycles. The van der Waals surface area contributed by atoms with Gasteiger partial charge in [0.25, 0.3) is 0 Å². The molecule has 0 bridgehead atoms. The summed E-state index contributed by atoms with van der Waals surface area (Å²) in [6.45, 7) is 0. The molecular weight excluding hydrogens is 733 g/mol. The van der Waals surface area contributed by atoms with E-state index in [2.05, 4.69) is 163 Å². The van der Waals surface area contributed by atoms with E-state index < -0.39 is 0 Å². The first-order valence-corrected chi connectivity index (χ1v) is 21.6. The molecule has 3 unspecified atom stereocenters. The van der Waals surface area contributed by atoms with Gasteiger partial charge in [0, 0.05) is 45.3 Å². The fourth-order valence-corrected chi connectivity index (χ4v) is 10.9. The van der Waals surface area contributed by atoms with Crippen LogP contribution in [0.25, 0.3) is 50.0 Å². The first kappa shape index (κ1) is 33.9. The number of hydrogen-bond acceptors (Lipinski definition) is 4. The Hall–Kier alpha value is -6.98. The van der Waals surface area contributed by atoms with E-state index in [0.29, 0.717) is 5.84 Å². The summed E-state index contributed by atoms with van der Waals surface area (Å²) in [4.78, 5) is 13.0. The Labute approximate surface area is 349 Å². The number of amidine groups is 2. The maximum atomic E-state index is 7.17. The Morgan fingerprint density at radius 2 is 1.55 bits per heavy atom. The number of anilines is 2. The van der Waals surface area contributed by atoms with Crippen LogP contribution in [-0.2, 0) is 6.42 Å². The first-order valence-electron chi connectivity index (χ1n) is 21.6. The van der Waals surface area contributed by atoms with E-state index in [1.54, 1.807) is 0 Å². The molecule has 0 saturated heterocycles. The Bertz CT molecular complexity index is 3130. The molecular formula is C55H41N4O-. The van der Waals surface area contributed by atoms with Gasteiger partial charge in [0.1, 0.15) is 11.3 Å². The lowest BCUT2D eigenvalue weighted by atomic mass is 9.75. The average molecular weight is 774 g/mol. The fourth-order valence-electron chi connectivity index (χ4n) is 10.9. The number of nitrogens with zero attached hydrogens (tertiary/aromatic N) is 4. The molecule has 2 aliphatic heterocycles. The molecule has 0 fully saturated rings. The lowest BCUT2D eigenvalue weighted by Gasteiger charge is -2.34. The molecule has 7 aliphatic rings. The van der Waals surface area contributed by atoms with Gasteiger partial charge < -0.3 is 19.6 Å². The third-order valence-electron chi connectivity index (χ3n) is 13.5. The smallest absolute Gasteiger partial charge is 0.143 e. The highest BCUT2D eigenvalue weighted by molar-refractivity contribution is 6.20. The van der Waals surface area contributed by atoms with Gasteiger partial charge in [-0.2, -0.15) is 0 Å². The zero-order valence-electron chi connectivity index (χ0n) is 33.2. The van der Waals surface area contributed by atoms with Crippen molar-refractivity contribution in [2.45, 2.75) is 50.6 Å².